The molecule has 0 spiro atoms. The van der Waals surface area contributed by atoms with Crippen LogP contribution < -0.4 is 10.4 Å². The highest BCUT2D eigenvalue weighted by atomic mass is 35.5. The minimum Gasteiger partial charge on any atom is -0.407 e. The summed E-state index contributed by atoms with van der Waals surface area (Å²) in [6.07, 6.45) is 10.9. The molecule has 0 aromatic heterocycles. The molecule has 5 heteroatoms. The fraction of sp³-hybridized carbons (Fsp3) is 0.567. The Morgan fingerprint density at radius 3 is 1.49 bits per heavy atom. The minimum absolute atomic E-state index is 0.0342. The first-order chi connectivity index (χ1) is 16.6. The molecule has 0 radical (unpaired) electrons. The zero-order valence-electron chi connectivity index (χ0n) is 22.1. The quantitative estimate of drug-likeness (QED) is 0.123. The van der Waals surface area contributed by atoms with E-state index in [2.05, 4.69) is 81.4 Å². The van der Waals surface area contributed by atoms with Crippen molar-refractivity contribution in [2.75, 3.05) is 6.61 Å². The number of rotatable bonds is 16. The van der Waals surface area contributed by atoms with Crippen molar-refractivity contribution in [1.29, 1.82) is 0 Å². The molecule has 2 rings (SSSR count). The van der Waals surface area contributed by atoms with Crippen LogP contribution >= 0.6 is 23.2 Å². The number of hydrogen-bond acceptors (Lipinski definition) is 2. The zero-order valence-corrected chi connectivity index (χ0v) is 24.6. The molecule has 0 bridgehead atoms. The number of carbonyl (C=O) groups excluding carboxylic acids is 1. The molecule has 194 valence electrons. The number of alkyl halides is 2. The highest BCUT2D eigenvalue weighted by Gasteiger charge is 2.49. The summed E-state index contributed by atoms with van der Waals surface area (Å²) in [5.41, 5.74) is 0. The lowest BCUT2D eigenvalue weighted by Gasteiger charge is -2.43. The number of ketones is 1. The Morgan fingerprint density at radius 1 is 0.686 bits per heavy atom. The Kier molecular flexibility index (Phi) is 12.5. The molecule has 0 amide bonds. The highest BCUT2D eigenvalue weighted by Crippen LogP contribution is 2.36. The number of hydrogen-bond donors (Lipinski definition) is 0. The summed E-state index contributed by atoms with van der Waals surface area (Å²) >= 11 is 11.7. The van der Waals surface area contributed by atoms with Gasteiger partial charge in [-0.05, 0) is 35.2 Å². The standard InChI is InChI=1S/C30H44Cl2O2Si/c1-29(2,3)35(26-20-14-12-15-21-26,27-22-16-13-17-23-27)34-25-19-11-9-7-5-6-8-10-18-24-28(33)30(4,31)32/h12-17,20-23H,5-11,18-19,24-25H2,1-4H3. The molecule has 0 saturated carbocycles. The van der Waals surface area contributed by atoms with Gasteiger partial charge in [-0.15, -0.1) is 0 Å². The van der Waals surface area contributed by atoms with Crippen LogP contribution in [-0.4, -0.2) is 25.0 Å². The molecule has 2 nitrogen and oxygen atoms in total. The maximum atomic E-state index is 11.7. The van der Waals surface area contributed by atoms with E-state index in [9.17, 15) is 4.79 Å². The van der Waals surface area contributed by atoms with Crippen LogP contribution in [0.15, 0.2) is 60.7 Å². The zero-order chi connectivity index (χ0) is 25.8. The van der Waals surface area contributed by atoms with Crippen molar-refractivity contribution in [3.8, 4) is 0 Å². The van der Waals surface area contributed by atoms with Crippen LogP contribution in [0.4, 0.5) is 0 Å². The van der Waals surface area contributed by atoms with E-state index >= 15 is 0 Å². The van der Waals surface area contributed by atoms with Gasteiger partial charge in [0.25, 0.3) is 8.32 Å². The average Bonchev–Trinajstić information content (AvgIpc) is 2.81. The third kappa shape index (κ3) is 9.35. The second kappa shape index (κ2) is 14.6. The molecule has 0 aliphatic carbocycles. The molecule has 2 aromatic rings. The monoisotopic (exact) mass is 534 g/mol. The van der Waals surface area contributed by atoms with Gasteiger partial charge >= 0.3 is 0 Å². The Hall–Kier alpha value is -1.13. The fourth-order valence-electron chi connectivity index (χ4n) is 4.83. The van der Waals surface area contributed by atoms with Gasteiger partial charge in [0.1, 0.15) is 0 Å². The first-order valence-electron chi connectivity index (χ1n) is 13.2. The van der Waals surface area contributed by atoms with Crippen LogP contribution in [0.3, 0.4) is 0 Å². The molecule has 0 N–H and O–H groups in total. The minimum atomic E-state index is -2.40. The van der Waals surface area contributed by atoms with Gasteiger partial charge in [0.2, 0.25) is 0 Å². The van der Waals surface area contributed by atoms with Gasteiger partial charge in [-0.25, -0.2) is 0 Å². The maximum absolute atomic E-state index is 11.7. The summed E-state index contributed by atoms with van der Waals surface area (Å²) < 4.78 is 5.74. The predicted octanol–water partition coefficient (Wildman–Crippen LogP) is 8.23. The van der Waals surface area contributed by atoms with E-state index in [-0.39, 0.29) is 10.8 Å². The number of benzene rings is 2. The van der Waals surface area contributed by atoms with Crippen LogP contribution in [0, 0.1) is 0 Å². The molecule has 2 aromatic carbocycles. The van der Waals surface area contributed by atoms with Crippen LogP contribution in [-0.2, 0) is 9.22 Å². The lowest BCUT2D eigenvalue weighted by atomic mass is 10.0. The predicted molar refractivity (Wildman–Crippen MR) is 155 cm³/mol. The SMILES string of the molecule is CC(Cl)(Cl)C(=O)CCCCCCCCCCCO[Si](c1ccccc1)(c1ccccc1)C(C)(C)C. The average molecular weight is 536 g/mol. The Morgan fingerprint density at radius 2 is 1.09 bits per heavy atom. The summed E-state index contributed by atoms with van der Waals surface area (Å²) in [5, 5.41) is 2.73. The smallest absolute Gasteiger partial charge is 0.261 e. The summed E-state index contributed by atoms with van der Waals surface area (Å²) in [5.74, 6) is -0.0684. The second-order valence-corrected chi connectivity index (χ2v) is 16.8. The molecule has 0 aliphatic heterocycles. The van der Waals surface area contributed by atoms with E-state index in [0.717, 1.165) is 25.9 Å². The number of halogens is 2. The number of carbonyl (C=O) groups is 1. The van der Waals surface area contributed by atoms with Crippen molar-refractivity contribution >= 4 is 47.7 Å². The fourth-order valence-corrected chi connectivity index (χ4v) is 9.63. The van der Waals surface area contributed by atoms with Gasteiger partial charge in [-0.3, -0.25) is 4.79 Å². The van der Waals surface area contributed by atoms with Gasteiger partial charge < -0.3 is 4.43 Å². The van der Waals surface area contributed by atoms with Crippen molar-refractivity contribution in [2.45, 2.75) is 101 Å². The summed E-state index contributed by atoms with van der Waals surface area (Å²) in [6, 6.07) is 21.7. The van der Waals surface area contributed by atoms with Gasteiger partial charge in [-0.1, -0.05) is 150 Å². The molecular weight excluding hydrogens is 491 g/mol. The van der Waals surface area contributed by atoms with Crippen molar-refractivity contribution < 1.29 is 9.22 Å². The molecular formula is C30H44Cl2O2Si. The lowest BCUT2D eigenvalue weighted by molar-refractivity contribution is -0.119. The van der Waals surface area contributed by atoms with E-state index in [4.69, 9.17) is 27.6 Å². The molecule has 35 heavy (non-hydrogen) atoms. The van der Waals surface area contributed by atoms with Crippen LogP contribution in [0.2, 0.25) is 5.04 Å². The second-order valence-electron chi connectivity index (χ2n) is 10.8. The summed E-state index contributed by atoms with van der Waals surface area (Å²) in [7, 11) is -2.40. The highest BCUT2D eigenvalue weighted by molar-refractivity contribution is 6.99. The first kappa shape index (κ1) is 30.1. The molecule has 0 saturated heterocycles. The molecule has 0 atom stereocenters. The van der Waals surface area contributed by atoms with E-state index in [1.807, 2.05) is 0 Å². The maximum Gasteiger partial charge on any atom is 0.261 e. The van der Waals surface area contributed by atoms with Gasteiger partial charge in [-0.2, -0.15) is 0 Å². The third-order valence-corrected chi connectivity index (χ3v) is 12.2. The van der Waals surface area contributed by atoms with Crippen LogP contribution in [0.5, 0.6) is 0 Å². The Bertz CT molecular complexity index is 818. The van der Waals surface area contributed by atoms with E-state index in [0.29, 0.717) is 6.42 Å². The van der Waals surface area contributed by atoms with Crippen molar-refractivity contribution in [3.05, 3.63) is 60.7 Å². The van der Waals surface area contributed by atoms with Crippen molar-refractivity contribution in [2.24, 2.45) is 0 Å². The Balaban J connectivity index is 1.75. The molecule has 0 fully saturated rings. The first-order valence-corrected chi connectivity index (χ1v) is 15.9. The summed E-state index contributed by atoms with van der Waals surface area (Å²) in [4.78, 5) is 11.7. The van der Waals surface area contributed by atoms with Crippen molar-refractivity contribution in [1.82, 2.24) is 0 Å². The Labute approximate surface area is 224 Å². The van der Waals surface area contributed by atoms with Gasteiger partial charge in [0.05, 0.1) is 0 Å². The molecule has 0 aliphatic rings. The van der Waals surface area contributed by atoms with Gasteiger partial charge in [0, 0.05) is 13.0 Å². The van der Waals surface area contributed by atoms with Crippen molar-refractivity contribution in [3.63, 3.8) is 0 Å². The van der Waals surface area contributed by atoms with E-state index in [1.165, 1.54) is 48.9 Å². The third-order valence-electron chi connectivity index (χ3n) is 6.77. The number of unbranched alkanes of at least 4 members (excludes halogenated alkanes) is 8. The van der Waals surface area contributed by atoms with E-state index in [1.54, 1.807) is 6.92 Å². The summed E-state index contributed by atoms with van der Waals surface area (Å²) in [6.45, 7) is 9.36. The lowest BCUT2D eigenvalue weighted by Crippen LogP contribution is -2.66. The van der Waals surface area contributed by atoms with E-state index < -0.39 is 12.7 Å². The topological polar surface area (TPSA) is 26.3 Å². The van der Waals surface area contributed by atoms with Crippen LogP contribution in [0.25, 0.3) is 0 Å². The van der Waals surface area contributed by atoms with Gasteiger partial charge in [0.15, 0.2) is 10.1 Å². The molecule has 0 heterocycles. The number of Topliss-reactive ketones (excluding diaryl/α,β-unsaturated/α-hetero) is 1. The largest absolute Gasteiger partial charge is 0.407 e. The molecule has 0 unspecified atom stereocenters. The van der Waals surface area contributed by atoms with Crippen LogP contribution in [0.1, 0.15) is 91.9 Å². The normalized spacial score (nSPS) is 12.6.